The van der Waals surface area contributed by atoms with Crippen LogP contribution in [0, 0.1) is 5.82 Å². The Labute approximate surface area is 210 Å². The first-order valence-electron chi connectivity index (χ1n) is 11.9. The molecule has 2 aromatic rings. The second kappa shape index (κ2) is 10.1. The minimum Gasteiger partial charge on any atom is -0.486 e. The Hall–Kier alpha value is -3.15. The molecule has 0 spiro atoms. The van der Waals surface area contributed by atoms with Crippen LogP contribution in [0.25, 0.3) is 0 Å². The van der Waals surface area contributed by atoms with E-state index in [1.54, 1.807) is 4.90 Å². The number of benzene rings is 1. The molecule has 196 valence electrons. The molecule has 3 heterocycles. The fourth-order valence-corrected chi connectivity index (χ4v) is 4.94. The zero-order valence-corrected chi connectivity index (χ0v) is 21.8. The number of likely N-dealkylation sites (tertiary alicyclic amines) is 1. The number of rotatable bonds is 4. The van der Waals surface area contributed by atoms with Crippen molar-refractivity contribution in [2.45, 2.75) is 56.6 Å². The Kier molecular flexibility index (Phi) is 7.26. The maximum atomic E-state index is 14.7. The number of anilines is 3. The SMILES string of the molecule is CC(C)(C)OC(=O)N1CCC(N2CCCOc3c(Nc4ccc(S(C)(=O)=O)cc4F)ncnc32)CC1. The summed E-state index contributed by atoms with van der Waals surface area (Å²) in [5.74, 6) is 0.597. The van der Waals surface area contributed by atoms with Crippen LogP contribution in [-0.2, 0) is 14.6 Å². The number of nitrogens with zero attached hydrogens (tertiary/aromatic N) is 4. The van der Waals surface area contributed by atoms with Gasteiger partial charge >= 0.3 is 6.09 Å². The molecule has 1 aromatic carbocycles. The number of fused-ring (bicyclic) bond motifs is 1. The van der Waals surface area contributed by atoms with E-state index in [1.165, 1.54) is 18.5 Å². The molecule has 1 amide bonds. The van der Waals surface area contributed by atoms with Gasteiger partial charge in [-0.3, -0.25) is 0 Å². The van der Waals surface area contributed by atoms with Crippen molar-refractivity contribution < 1.29 is 27.1 Å². The van der Waals surface area contributed by atoms with E-state index >= 15 is 0 Å². The molecule has 1 fully saturated rings. The lowest BCUT2D eigenvalue weighted by atomic mass is 10.0. The second-order valence-corrected chi connectivity index (χ2v) is 12.0. The van der Waals surface area contributed by atoms with Crippen LogP contribution in [0.2, 0.25) is 0 Å². The minimum absolute atomic E-state index is 0.0772. The number of nitrogens with one attached hydrogen (secondary N) is 1. The molecular formula is C24H32FN5O5S. The van der Waals surface area contributed by atoms with Gasteiger partial charge in [-0.05, 0) is 58.2 Å². The summed E-state index contributed by atoms with van der Waals surface area (Å²) in [6, 6.07) is 3.81. The summed E-state index contributed by atoms with van der Waals surface area (Å²) >= 11 is 0. The molecule has 4 rings (SSSR count). The van der Waals surface area contributed by atoms with Gasteiger partial charge in [0.25, 0.3) is 0 Å². The molecule has 0 bridgehead atoms. The third kappa shape index (κ3) is 5.97. The molecular weight excluding hydrogens is 489 g/mol. The Morgan fingerprint density at radius 3 is 2.56 bits per heavy atom. The highest BCUT2D eigenvalue weighted by Gasteiger charge is 2.33. The largest absolute Gasteiger partial charge is 0.486 e. The van der Waals surface area contributed by atoms with Crippen LogP contribution in [0.4, 0.5) is 26.5 Å². The van der Waals surface area contributed by atoms with E-state index in [-0.39, 0.29) is 22.7 Å². The first kappa shape index (κ1) is 25.9. The normalized spacial score (nSPS) is 17.1. The van der Waals surface area contributed by atoms with E-state index in [0.717, 1.165) is 38.1 Å². The van der Waals surface area contributed by atoms with Gasteiger partial charge in [-0.25, -0.2) is 27.6 Å². The molecule has 0 unspecified atom stereocenters. The topological polar surface area (TPSA) is 114 Å². The van der Waals surface area contributed by atoms with Crippen LogP contribution in [0.3, 0.4) is 0 Å². The Balaban J connectivity index is 1.53. The average Bonchev–Trinajstić information content (AvgIpc) is 3.02. The number of ether oxygens (including phenoxy) is 2. The van der Waals surface area contributed by atoms with Crippen LogP contribution in [-0.4, -0.2) is 73.5 Å². The fraction of sp³-hybridized carbons (Fsp3) is 0.542. The molecule has 36 heavy (non-hydrogen) atoms. The zero-order valence-electron chi connectivity index (χ0n) is 21.0. The van der Waals surface area contributed by atoms with Gasteiger partial charge in [0, 0.05) is 31.9 Å². The first-order valence-corrected chi connectivity index (χ1v) is 13.8. The number of aromatic nitrogens is 2. The Morgan fingerprint density at radius 1 is 1.19 bits per heavy atom. The number of sulfone groups is 1. The molecule has 0 aliphatic carbocycles. The molecule has 1 aromatic heterocycles. The summed E-state index contributed by atoms with van der Waals surface area (Å²) in [7, 11) is -3.53. The number of amides is 1. The maximum Gasteiger partial charge on any atom is 0.410 e. The smallest absolute Gasteiger partial charge is 0.410 e. The Morgan fingerprint density at radius 2 is 1.92 bits per heavy atom. The molecule has 10 nitrogen and oxygen atoms in total. The van der Waals surface area contributed by atoms with Gasteiger partial charge in [-0.2, -0.15) is 0 Å². The van der Waals surface area contributed by atoms with E-state index in [2.05, 4.69) is 20.2 Å². The monoisotopic (exact) mass is 521 g/mol. The zero-order chi connectivity index (χ0) is 26.1. The molecule has 12 heteroatoms. The van der Waals surface area contributed by atoms with Gasteiger partial charge in [-0.15, -0.1) is 0 Å². The molecule has 1 N–H and O–H groups in total. The van der Waals surface area contributed by atoms with Crippen molar-refractivity contribution in [2.75, 3.05) is 42.7 Å². The van der Waals surface area contributed by atoms with Gasteiger partial charge < -0.3 is 24.6 Å². The van der Waals surface area contributed by atoms with Gasteiger partial charge in [0.05, 0.1) is 17.2 Å². The average molecular weight is 522 g/mol. The predicted molar refractivity (Wildman–Crippen MR) is 133 cm³/mol. The van der Waals surface area contributed by atoms with E-state index in [0.29, 0.717) is 37.1 Å². The second-order valence-electron chi connectivity index (χ2n) is 10.0. The number of carbonyl (C=O) groups is 1. The summed E-state index contributed by atoms with van der Waals surface area (Å²) in [5, 5.41) is 2.93. The number of hydrogen-bond acceptors (Lipinski definition) is 9. The van der Waals surface area contributed by atoms with Crippen molar-refractivity contribution in [3.05, 3.63) is 30.3 Å². The van der Waals surface area contributed by atoms with Gasteiger partial charge in [0.15, 0.2) is 21.5 Å². The predicted octanol–water partition coefficient (Wildman–Crippen LogP) is 3.75. The van der Waals surface area contributed by atoms with Crippen LogP contribution in [0.5, 0.6) is 5.75 Å². The van der Waals surface area contributed by atoms with Crippen LogP contribution in [0.1, 0.15) is 40.0 Å². The van der Waals surface area contributed by atoms with E-state index in [4.69, 9.17) is 9.47 Å². The highest BCUT2D eigenvalue weighted by molar-refractivity contribution is 7.90. The van der Waals surface area contributed by atoms with Crippen molar-refractivity contribution in [3.8, 4) is 5.75 Å². The molecule has 2 aliphatic rings. The van der Waals surface area contributed by atoms with Crippen molar-refractivity contribution >= 4 is 33.3 Å². The summed E-state index contributed by atoms with van der Waals surface area (Å²) in [4.78, 5) is 25.0. The summed E-state index contributed by atoms with van der Waals surface area (Å²) in [6.07, 6.45) is 4.36. The Bertz CT molecular complexity index is 1230. The van der Waals surface area contributed by atoms with Crippen molar-refractivity contribution in [3.63, 3.8) is 0 Å². The van der Waals surface area contributed by atoms with Gasteiger partial charge in [-0.1, -0.05) is 0 Å². The first-order chi connectivity index (χ1) is 16.9. The van der Waals surface area contributed by atoms with E-state index < -0.39 is 21.3 Å². The third-order valence-corrected chi connectivity index (χ3v) is 7.14. The lowest BCUT2D eigenvalue weighted by Gasteiger charge is -2.39. The number of hydrogen-bond donors (Lipinski definition) is 1. The van der Waals surface area contributed by atoms with Crippen molar-refractivity contribution in [2.24, 2.45) is 0 Å². The third-order valence-electron chi connectivity index (χ3n) is 6.03. The van der Waals surface area contributed by atoms with Crippen LogP contribution in [0.15, 0.2) is 29.4 Å². The molecule has 2 aliphatic heterocycles. The lowest BCUT2D eigenvalue weighted by Crippen LogP contribution is -2.48. The quantitative estimate of drug-likeness (QED) is 0.642. The molecule has 0 atom stereocenters. The molecule has 1 saturated heterocycles. The minimum atomic E-state index is -3.53. The number of halogens is 1. The number of piperidine rings is 1. The van der Waals surface area contributed by atoms with Crippen molar-refractivity contribution in [1.82, 2.24) is 14.9 Å². The standard InChI is InChI=1S/C24H32FN5O5S/c1-24(2,3)35-23(31)29-11-8-16(9-12-29)30-10-5-13-34-20-21(26-15-27-22(20)30)28-19-7-6-17(14-18(19)25)36(4,32)33/h6-7,14-16H,5,8-13H2,1-4H3,(H,26,27,28). The summed E-state index contributed by atoms with van der Waals surface area (Å²) in [5.41, 5.74) is -0.465. The fourth-order valence-electron chi connectivity index (χ4n) is 4.30. The van der Waals surface area contributed by atoms with Crippen LogP contribution < -0.4 is 15.0 Å². The molecule has 0 radical (unpaired) electrons. The van der Waals surface area contributed by atoms with Crippen LogP contribution >= 0.6 is 0 Å². The van der Waals surface area contributed by atoms with Gasteiger partial charge in [0.1, 0.15) is 17.7 Å². The highest BCUT2D eigenvalue weighted by Crippen LogP contribution is 2.38. The van der Waals surface area contributed by atoms with Crippen molar-refractivity contribution in [1.29, 1.82) is 0 Å². The molecule has 0 saturated carbocycles. The lowest BCUT2D eigenvalue weighted by molar-refractivity contribution is 0.0204. The highest BCUT2D eigenvalue weighted by atomic mass is 32.2. The summed E-state index contributed by atoms with van der Waals surface area (Å²) in [6.45, 7) is 7.85. The van der Waals surface area contributed by atoms with Gasteiger partial charge in [0.2, 0.25) is 5.75 Å². The van der Waals surface area contributed by atoms with E-state index in [1.807, 2.05) is 20.8 Å². The van der Waals surface area contributed by atoms with E-state index in [9.17, 15) is 17.6 Å². The number of carbonyl (C=O) groups excluding carboxylic acids is 1. The summed E-state index contributed by atoms with van der Waals surface area (Å²) < 4.78 is 49.6. The maximum absolute atomic E-state index is 14.7.